The van der Waals surface area contributed by atoms with E-state index in [2.05, 4.69) is 20.8 Å². The Bertz CT molecular complexity index is 117. The van der Waals surface area contributed by atoms with Crippen LogP contribution in [0.15, 0.2) is 0 Å². The molecule has 1 aliphatic rings. The lowest BCUT2D eigenvalue weighted by molar-refractivity contribution is 0.384. The van der Waals surface area contributed by atoms with Crippen LogP contribution in [0.1, 0.15) is 59.3 Å². The number of hydrogen-bond acceptors (Lipinski definition) is 0. The van der Waals surface area contributed by atoms with Crippen LogP contribution in [0.4, 0.5) is 0 Å². The molecule has 1 saturated carbocycles. The van der Waals surface area contributed by atoms with Crippen LogP contribution in [0.3, 0.4) is 0 Å². The molecular formula is C11H22. The van der Waals surface area contributed by atoms with Gasteiger partial charge in [-0.25, -0.2) is 0 Å². The van der Waals surface area contributed by atoms with Crippen LogP contribution in [-0.4, -0.2) is 0 Å². The molecule has 0 aromatic rings. The highest BCUT2D eigenvalue weighted by molar-refractivity contribution is 4.99. The van der Waals surface area contributed by atoms with E-state index in [0.717, 1.165) is 11.3 Å². The molecule has 0 radical (unpaired) electrons. The average molecular weight is 154 g/mol. The Hall–Kier alpha value is 0. The highest BCUT2D eigenvalue weighted by Gasteiger charge is 2.49. The molecule has 0 aliphatic heterocycles. The molecule has 0 aromatic heterocycles. The summed E-state index contributed by atoms with van der Waals surface area (Å²) >= 11 is 0. The van der Waals surface area contributed by atoms with Crippen LogP contribution in [0, 0.1) is 11.3 Å². The third-order valence-electron chi connectivity index (χ3n) is 3.58. The Kier molecular flexibility index (Phi) is 2.98. The van der Waals surface area contributed by atoms with Crippen molar-refractivity contribution in [3.63, 3.8) is 0 Å². The van der Waals surface area contributed by atoms with E-state index in [9.17, 15) is 0 Å². The Labute approximate surface area is 71.4 Å². The largest absolute Gasteiger partial charge is 0.0654 e. The van der Waals surface area contributed by atoms with Crippen LogP contribution in [0.25, 0.3) is 0 Å². The molecule has 66 valence electrons. The molecule has 0 bridgehead atoms. The summed E-state index contributed by atoms with van der Waals surface area (Å²) in [6.45, 7) is 7.01. The van der Waals surface area contributed by atoms with Gasteiger partial charge < -0.3 is 0 Å². The summed E-state index contributed by atoms with van der Waals surface area (Å²) in [6.07, 6.45) is 8.68. The summed E-state index contributed by atoms with van der Waals surface area (Å²) in [5.41, 5.74) is 0.810. The highest BCUT2D eigenvalue weighted by atomic mass is 14.5. The quantitative estimate of drug-likeness (QED) is 0.561. The second-order valence-corrected chi connectivity index (χ2v) is 4.13. The molecule has 0 nitrogen and oxygen atoms in total. The minimum Gasteiger partial charge on any atom is -0.0654 e. The Morgan fingerprint density at radius 1 is 1.27 bits per heavy atom. The van der Waals surface area contributed by atoms with Gasteiger partial charge in [0.2, 0.25) is 0 Å². The summed E-state index contributed by atoms with van der Waals surface area (Å²) < 4.78 is 0. The lowest BCUT2D eigenvalue weighted by Gasteiger charge is -2.13. The molecule has 2 atom stereocenters. The van der Waals surface area contributed by atoms with Gasteiger partial charge in [0.25, 0.3) is 0 Å². The molecule has 1 rings (SSSR count). The zero-order valence-electron chi connectivity index (χ0n) is 8.32. The van der Waals surface area contributed by atoms with Gasteiger partial charge in [0, 0.05) is 0 Å². The molecule has 0 N–H and O–H groups in total. The fraction of sp³-hybridized carbons (Fsp3) is 1.00. The van der Waals surface area contributed by atoms with E-state index in [4.69, 9.17) is 0 Å². The van der Waals surface area contributed by atoms with E-state index in [0.29, 0.717) is 0 Å². The molecule has 1 fully saturated rings. The topological polar surface area (TPSA) is 0 Å². The normalized spacial score (nSPS) is 35.7. The maximum absolute atomic E-state index is 2.37. The smallest absolute Gasteiger partial charge is 0.0269 e. The molecule has 0 spiro atoms. The fourth-order valence-corrected chi connectivity index (χ4v) is 2.45. The SMILES string of the molecule is CCCC[C@]1(CC)C[C@H]1CC. The van der Waals surface area contributed by atoms with E-state index >= 15 is 0 Å². The molecule has 0 amide bonds. The van der Waals surface area contributed by atoms with Gasteiger partial charge >= 0.3 is 0 Å². The molecule has 0 unspecified atom stereocenters. The van der Waals surface area contributed by atoms with Crippen LogP contribution in [-0.2, 0) is 0 Å². The fourth-order valence-electron chi connectivity index (χ4n) is 2.45. The van der Waals surface area contributed by atoms with Gasteiger partial charge in [-0.1, -0.05) is 46.5 Å². The predicted molar refractivity (Wildman–Crippen MR) is 50.6 cm³/mol. The average Bonchev–Trinajstić information content (AvgIpc) is 2.76. The third-order valence-corrected chi connectivity index (χ3v) is 3.58. The molecule has 11 heavy (non-hydrogen) atoms. The molecule has 0 aromatic carbocycles. The van der Waals surface area contributed by atoms with Crippen LogP contribution >= 0.6 is 0 Å². The standard InChI is InChI=1S/C11H22/c1-4-7-8-11(6-3)9-10(11)5-2/h10H,4-9H2,1-3H3/t10-,11-/m1/s1. The van der Waals surface area contributed by atoms with E-state index in [1.165, 1.54) is 38.5 Å². The van der Waals surface area contributed by atoms with Gasteiger partial charge in [-0.05, 0) is 24.2 Å². The maximum Gasteiger partial charge on any atom is -0.0269 e. The second kappa shape index (κ2) is 3.60. The van der Waals surface area contributed by atoms with Crippen molar-refractivity contribution in [3.8, 4) is 0 Å². The van der Waals surface area contributed by atoms with Crippen molar-refractivity contribution >= 4 is 0 Å². The Morgan fingerprint density at radius 3 is 2.36 bits per heavy atom. The van der Waals surface area contributed by atoms with Crippen molar-refractivity contribution in [2.45, 2.75) is 59.3 Å². The Morgan fingerprint density at radius 2 is 2.00 bits per heavy atom. The summed E-state index contributed by atoms with van der Waals surface area (Å²) in [7, 11) is 0. The van der Waals surface area contributed by atoms with Crippen LogP contribution in [0.2, 0.25) is 0 Å². The summed E-state index contributed by atoms with van der Waals surface area (Å²) in [5, 5.41) is 0. The molecule has 0 heterocycles. The second-order valence-electron chi connectivity index (χ2n) is 4.13. The van der Waals surface area contributed by atoms with E-state index in [-0.39, 0.29) is 0 Å². The van der Waals surface area contributed by atoms with Gasteiger partial charge in [-0.15, -0.1) is 0 Å². The molecular weight excluding hydrogens is 132 g/mol. The lowest BCUT2D eigenvalue weighted by Crippen LogP contribution is -2.01. The van der Waals surface area contributed by atoms with Crippen molar-refractivity contribution in [1.29, 1.82) is 0 Å². The molecule has 0 heteroatoms. The Balaban J connectivity index is 2.27. The van der Waals surface area contributed by atoms with Gasteiger partial charge in [0.1, 0.15) is 0 Å². The van der Waals surface area contributed by atoms with Gasteiger partial charge in [0.05, 0.1) is 0 Å². The van der Waals surface area contributed by atoms with Crippen molar-refractivity contribution in [3.05, 3.63) is 0 Å². The predicted octanol–water partition coefficient (Wildman–Crippen LogP) is 4.00. The van der Waals surface area contributed by atoms with Gasteiger partial charge in [-0.2, -0.15) is 0 Å². The first-order chi connectivity index (χ1) is 5.29. The number of unbranched alkanes of at least 4 members (excludes halogenated alkanes) is 1. The summed E-state index contributed by atoms with van der Waals surface area (Å²) in [4.78, 5) is 0. The highest BCUT2D eigenvalue weighted by Crippen LogP contribution is 2.59. The molecule has 1 aliphatic carbocycles. The first kappa shape index (κ1) is 9.09. The van der Waals surface area contributed by atoms with E-state index < -0.39 is 0 Å². The lowest BCUT2D eigenvalue weighted by atomic mass is 9.92. The first-order valence-corrected chi connectivity index (χ1v) is 5.29. The van der Waals surface area contributed by atoms with Crippen molar-refractivity contribution in [2.75, 3.05) is 0 Å². The van der Waals surface area contributed by atoms with Gasteiger partial charge in [0.15, 0.2) is 0 Å². The third kappa shape index (κ3) is 1.77. The number of hydrogen-bond donors (Lipinski definition) is 0. The van der Waals surface area contributed by atoms with E-state index in [1.54, 1.807) is 0 Å². The van der Waals surface area contributed by atoms with Crippen molar-refractivity contribution in [2.24, 2.45) is 11.3 Å². The van der Waals surface area contributed by atoms with Gasteiger partial charge in [-0.3, -0.25) is 0 Å². The minimum absolute atomic E-state index is 0.810. The molecule has 0 saturated heterocycles. The van der Waals surface area contributed by atoms with Crippen LogP contribution < -0.4 is 0 Å². The monoisotopic (exact) mass is 154 g/mol. The van der Waals surface area contributed by atoms with Crippen molar-refractivity contribution in [1.82, 2.24) is 0 Å². The van der Waals surface area contributed by atoms with E-state index in [1.807, 2.05) is 0 Å². The first-order valence-electron chi connectivity index (χ1n) is 5.29. The zero-order valence-corrected chi connectivity index (χ0v) is 8.32. The maximum atomic E-state index is 2.37. The van der Waals surface area contributed by atoms with Crippen molar-refractivity contribution < 1.29 is 0 Å². The minimum atomic E-state index is 0.810. The summed E-state index contributed by atoms with van der Waals surface area (Å²) in [6, 6.07) is 0. The van der Waals surface area contributed by atoms with Crippen LogP contribution in [0.5, 0.6) is 0 Å². The zero-order chi connectivity index (χ0) is 8.32. The number of rotatable bonds is 5. The summed E-state index contributed by atoms with van der Waals surface area (Å²) in [5.74, 6) is 1.08.